The number of carbonyl (C=O) groups is 1. The zero-order valence-electron chi connectivity index (χ0n) is 15.7. The number of nitro groups is 1. The molecule has 3 rings (SSSR count). The molecular weight excluding hydrogens is 416 g/mol. The van der Waals surface area contributed by atoms with Crippen molar-refractivity contribution in [2.24, 2.45) is 0 Å². The molecule has 0 atom stereocenters. The lowest BCUT2D eigenvalue weighted by Gasteiger charge is -2.15. The van der Waals surface area contributed by atoms with E-state index in [9.17, 15) is 14.9 Å². The monoisotopic (exact) mass is 432 g/mol. The first kappa shape index (κ1) is 20.6. The molecule has 2 aromatic rings. The first-order valence-corrected chi connectivity index (χ1v) is 9.45. The summed E-state index contributed by atoms with van der Waals surface area (Å²) in [7, 11) is 4.52. The number of rotatable bonds is 6. The van der Waals surface area contributed by atoms with Gasteiger partial charge in [-0.3, -0.25) is 19.8 Å². The number of benzene rings is 2. The maximum absolute atomic E-state index is 12.9. The number of hydrogen-bond acceptors (Lipinski definition) is 8. The van der Waals surface area contributed by atoms with Gasteiger partial charge in [-0.15, -0.1) is 0 Å². The Bertz CT molecular complexity index is 1020. The van der Waals surface area contributed by atoms with Crippen LogP contribution in [-0.4, -0.2) is 36.5 Å². The number of methoxy groups -OCH3 is 3. The van der Waals surface area contributed by atoms with Crippen LogP contribution < -0.4 is 19.1 Å². The van der Waals surface area contributed by atoms with E-state index in [2.05, 4.69) is 0 Å². The second-order valence-corrected chi connectivity index (χ2v) is 7.39. The molecule has 29 heavy (non-hydrogen) atoms. The highest BCUT2D eigenvalue weighted by Gasteiger charge is 2.34. The highest BCUT2D eigenvalue weighted by molar-refractivity contribution is 8.27. The molecule has 10 heteroatoms. The van der Waals surface area contributed by atoms with Crippen LogP contribution in [0, 0.1) is 10.1 Å². The predicted molar refractivity (Wildman–Crippen MR) is 115 cm³/mol. The fraction of sp³-hybridized carbons (Fsp3) is 0.158. The van der Waals surface area contributed by atoms with Gasteiger partial charge in [0.1, 0.15) is 0 Å². The van der Waals surface area contributed by atoms with Gasteiger partial charge in [0.05, 0.1) is 36.8 Å². The summed E-state index contributed by atoms with van der Waals surface area (Å²) in [5, 5.41) is 10.8. The average Bonchev–Trinajstić information content (AvgIpc) is 3.00. The highest BCUT2D eigenvalue weighted by atomic mass is 32.2. The van der Waals surface area contributed by atoms with Crippen molar-refractivity contribution >= 4 is 51.7 Å². The molecule has 0 aliphatic carbocycles. The molecule has 1 heterocycles. The van der Waals surface area contributed by atoms with Gasteiger partial charge in [-0.2, -0.15) is 0 Å². The molecule has 0 unspecified atom stereocenters. The van der Waals surface area contributed by atoms with E-state index in [1.165, 1.54) is 50.5 Å². The van der Waals surface area contributed by atoms with Crippen LogP contribution in [0.1, 0.15) is 5.56 Å². The van der Waals surface area contributed by atoms with Crippen LogP contribution in [-0.2, 0) is 4.79 Å². The lowest BCUT2D eigenvalue weighted by molar-refractivity contribution is -0.384. The fourth-order valence-corrected chi connectivity index (χ4v) is 4.08. The number of thioether (sulfide) groups is 1. The van der Waals surface area contributed by atoms with Gasteiger partial charge >= 0.3 is 0 Å². The van der Waals surface area contributed by atoms with Crippen LogP contribution in [0.3, 0.4) is 0 Å². The standard InChI is InChI=1S/C19H16N2O6S2/c1-25-14-9-4-11(16(26-2)17(14)27-3)10-15-18(22)20(19(28)29-15)12-5-7-13(8-6-12)21(23)24/h4-10H,1-3H3/b15-10-. The Morgan fingerprint density at radius 2 is 1.69 bits per heavy atom. The number of carbonyl (C=O) groups excluding carboxylic acids is 1. The van der Waals surface area contributed by atoms with E-state index >= 15 is 0 Å². The van der Waals surface area contributed by atoms with E-state index < -0.39 is 4.92 Å². The fourth-order valence-electron chi connectivity index (χ4n) is 2.79. The van der Waals surface area contributed by atoms with E-state index in [1.807, 2.05) is 0 Å². The second-order valence-electron chi connectivity index (χ2n) is 5.71. The average molecular weight is 432 g/mol. The lowest BCUT2D eigenvalue weighted by Crippen LogP contribution is -2.27. The van der Waals surface area contributed by atoms with E-state index in [0.29, 0.717) is 37.7 Å². The molecule has 1 saturated heterocycles. The number of thiocarbonyl (C=S) groups is 1. The summed E-state index contributed by atoms with van der Waals surface area (Å²) in [6, 6.07) is 9.10. The molecule has 8 nitrogen and oxygen atoms in total. The number of hydrogen-bond donors (Lipinski definition) is 0. The van der Waals surface area contributed by atoms with Crippen molar-refractivity contribution in [3.8, 4) is 17.2 Å². The maximum atomic E-state index is 12.9. The molecule has 0 bridgehead atoms. The summed E-state index contributed by atoms with van der Waals surface area (Å²) >= 11 is 6.48. The smallest absolute Gasteiger partial charge is 0.270 e. The molecule has 1 fully saturated rings. The van der Waals surface area contributed by atoms with Crippen LogP contribution in [0.4, 0.5) is 11.4 Å². The van der Waals surface area contributed by atoms with Gasteiger partial charge in [0, 0.05) is 17.7 Å². The van der Waals surface area contributed by atoms with Crippen molar-refractivity contribution in [2.45, 2.75) is 0 Å². The molecule has 1 aliphatic heterocycles. The SMILES string of the molecule is COc1ccc(/C=C2\SC(=S)N(c3ccc([N+](=O)[O-])cc3)C2=O)c(OC)c1OC. The molecule has 0 aromatic heterocycles. The van der Waals surface area contributed by atoms with Gasteiger partial charge in [-0.05, 0) is 30.3 Å². The molecular formula is C19H16N2O6S2. The van der Waals surface area contributed by atoms with Crippen molar-refractivity contribution in [1.82, 2.24) is 0 Å². The minimum Gasteiger partial charge on any atom is -0.493 e. The van der Waals surface area contributed by atoms with Crippen molar-refractivity contribution in [3.05, 3.63) is 57.0 Å². The third-order valence-electron chi connectivity index (χ3n) is 4.13. The molecule has 0 N–H and O–H groups in total. The van der Waals surface area contributed by atoms with E-state index in [0.717, 1.165) is 11.8 Å². The van der Waals surface area contributed by atoms with Gasteiger partial charge in [0.15, 0.2) is 15.8 Å². The molecule has 1 aliphatic rings. The molecule has 0 saturated carbocycles. The Labute approximate surface area is 176 Å². The number of anilines is 1. The van der Waals surface area contributed by atoms with E-state index in [1.54, 1.807) is 18.2 Å². The predicted octanol–water partition coefficient (Wildman–Crippen LogP) is 4.03. The number of amides is 1. The van der Waals surface area contributed by atoms with Gasteiger partial charge in [0.2, 0.25) is 5.75 Å². The molecule has 150 valence electrons. The van der Waals surface area contributed by atoms with Crippen molar-refractivity contribution in [3.63, 3.8) is 0 Å². The third-order valence-corrected chi connectivity index (χ3v) is 5.44. The first-order valence-electron chi connectivity index (χ1n) is 8.22. The van der Waals surface area contributed by atoms with Crippen molar-refractivity contribution < 1.29 is 23.9 Å². The topological polar surface area (TPSA) is 91.1 Å². The Balaban J connectivity index is 1.97. The van der Waals surface area contributed by atoms with Crippen LogP contribution in [0.25, 0.3) is 6.08 Å². The second kappa shape index (κ2) is 8.50. The minimum absolute atomic E-state index is 0.0650. The number of nitro benzene ring substituents is 1. The summed E-state index contributed by atoms with van der Waals surface area (Å²) in [6.45, 7) is 0. The Kier molecular flexibility index (Phi) is 6.04. The van der Waals surface area contributed by atoms with Crippen molar-refractivity contribution in [1.29, 1.82) is 0 Å². The maximum Gasteiger partial charge on any atom is 0.270 e. The van der Waals surface area contributed by atoms with E-state index in [-0.39, 0.29) is 11.6 Å². The molecule has 0 radical (unpaired) electrons. The van der Waals surface area contributed by atoms with Crippen LogP contribution >= 0.6 is 24.0 Å². The van der Waals surface area contributed by atoms with Gasteiger partial charge in [0.25, 0.3) is 11.6 Å². The van der Waals surface area contributed by atoms with Crippen LogP contribution in [0.5, 0.6) is 17.2 Å². The Morgan fingerprint density at radius 1 is 1.03 bits per heavy atom. The summed E-state index contributed by atoms with van der Waals surface area (Å²) < 4.78 is 16.4. The van der Waals surface area contributed by atoms with Crippen LogP contribution in [0.15, 0.2) is 41.3 Å². The van der Waals surface area contributed by atoms with Crippen LogP contribution in [0.2, 0.25) is 0 Å². The minimum atomic E-state index is -0.503. The summed E-state index contributed by atoms with van der Waals surface area (Å²) in [5.74, 6) is 1.01. The zero-order valence-corrected chi connectivity index (χ0v) is 17.3. The highest BCUT2D eigenvalue weighted by Crippen LogP contribution is 2.43. The van der Waals surface area contributed by atoms with E-state index in [4.69, 9.17) is 26.4 Å². The Hall–Kier alpha value is -3.11. The number of ether oxygens (including phenoxy) is 3. The molecule has 2 aromatic carbocycles. The van der Waals surface area contributed by atoms with Gasteiger partial charge < -0.3 is 14.2 Å². The lowest BCUT2D eigenvalue weighted by atomic mass is 10.1. The summed E-state index contributed by atoms with van der Waals surface area (Å²) in [5.41, 5.74) is 1.01. The summed E-state index contributed by atoms with van der Waals surface area (Å²) in [4.78, 5) is 25.0. The van der Waals surface area contributed by atoms with Gasteiger partial charge in [-0.25, -0.2) is 0 Å². The van der Waals surface area contributed by atoms with Crippen molar-refractivity contribution in [2.75, 3.05) is 26.2 Å². The van der Waals surface area contributed by atoms with Gasteiger partial charge in [-0.1, -0.05) is 24.0 Å². The normalized spacial score (nSPS) is 15.0. The quantitative estimate of drug-likeness (QED) is 0.292. The Morgan fingerprint density at radius 3 is 2.24 bits per heavy atom. The molecule has 0 spiro atoms. The summed E-state index contributed by atoms with van der Waals surface area (Å²) in [6.07, 6.45) is 1.66. The third kappa shape index (κ3) is 3.89. The zero-order chi connectivity index (χ0) is 21.1. The number of nitrogens with zero attached hydrogens (tertiary/aromatic N) is 2. The number of non-ortho nitro benzene ring substituents is 1. The molecule has 1 amide bonds. The first-order chi connectivity index (χ1) is 13.9. The largest absolute Gasteiger partial charge is 0.493 e.